The molecular formula is C61H92N12O19S2. The zero-order chi connectivity index (χ0) is 68.4. The third-order valence-corrected chi connectivity index (χ3v) is 20.2. The smallest absolute Gasteiger partial charge is 0.246 e. The largest absolute Gasteiger partial charge is 0.496 e. The summed E-state index contributed by atoms with van der Waals surface area (Å²) in [4.78, 5) is 150. The molecule has 0 saturated carbocycles. The van der Waals surface area contributed by atoms with Crippen LogP contribution in [0.15, 0.2) is 22.3 Å². The number of primary amides is 1. The van der Waals surface area contributed by atoms with Crippen LogP contribution in [0.5, 0.6) is 5.75 Å². The molecule has 2 aromatic rings. The predicted octanol–water partition coefficient (Wildman–Crippen LogP) is -0.350. The minimum Gasteiger partial charge on any atom is -0.496 e. The van der Waals surface area contributed by atoms with Gasteiger partial charge < -0.3 is 86.1 Å². The molecule has 31 nitrogen and oxygen atoms in total. The number of ketones is 2. The van der Waals surface area contributed by atoms with Crippen molar-refractivity contribution < 1.29 is 91.2 Å². The number of piperidine rings is 1. The van der Waals surface area contributed by atoms with E-state index in [4.69, 9.17) is 34.9 Å². The molecular weight excluding hydrogens is 1270 g/mol. The van der Waals surface area contributed by atoms with Gasteiger partial charge >= 0.3 is 0 Å². The Morgan fingerprint density at radius 2 is 1.53 bits per heavy atom. The average Bonchev–Trinajstić information content (AvgIpc) is 1.60. The SMILES string of the molecule is CC[C@H](C)[C@@H]1CCCC(=O)CNC(=O)[C@@H]2CCC(=O)[C@H]([C@@H](C)[C@@H](O)CO)NC(=O)[C@@H]3C[C@@H](O)CN3C(=O)[C@H](CC(N)=O)NC(=O)[C@@H](CS(=O)c3[nH]c4c(CSC5CCN(C(=O)CCOCCOCCOCCOCCN=[N+]=[N-])CC5)c(OC)ccc4c32)NC(=O)CNC1=O. The fraction of sp³-hybridized carbons (Fsp3) is 0.705. The number of hydrogen-bond acceptors (Lipinski definition) is 21. The Morgan fingerprint density at radius 3 is 2.18 bits per heavy atom. The van der Waals surface area contributed by atoms with Gasteiger partial charge in [-0.1, -0.05) is 32.3 Å². The van der Waals surface area contributed by atoms with Crippen molar-refractivity contribution in [2.75, 3.05) is 112 Å². The van der Waals surface area contributed by atoms with E-state index in [1.807, 2.05) is 13.8 Å². The standard InChI is InChI=1S/C61H92N12O19S2/c1-5-35(2)40-8-6-7-37(75)29-64-57(83)42-9-11-47(77)54(36(3)48(78)32-74)69-59(85)46-27-38(76)31-73(46)61(86)44(28-50(62)79)68-58(84)45(67-51(80)30-65-56(40)82)34-94(87)60-53(42)41-10-12-49(88-4)43(55(41)70-60)33-93-39-13-17-72(18-14-39)52(81)15-19-89-21-23-91-25-26-92-24-22-90-20-16-66-71-63/h10,12,35-36,38-40,42,44-46,48,54,70,74,76,78H,5-9,11,13-34H2,1-4H3,(H2,62,79)(H,64,83)(H,65,82)(H,67,80)(H,68,84)(H,69,85)/t35-,36-,38+,40-,42+,44-,45+,46-,48-,54-,94?/m0/s1. The van der Waals surface area contributed by atoms with Gasteiger partial charge in [-0.15, -0.1) is 0 Å². The Labute approximate surface area is 551 Å². The maximum atomic E-state index is 15.6. The Balaban J connectivity index is 1.34. The molecule has 0 radical (unpaired) electrons. The summed E-state index contributed by atoms with van der Waals surface area (Å²) in [6, 6.07) is -3.61. The van der Waals surface area contributed by atoms with Crippen molar-refractivity contribution >= 4 is 92.3 Å². The van der Waals surface area contributed by atoms with Gasteiger partial charge in [0.15, 0.2) is 11.6 Å². The van der Waals surface area contributed by atoms with Crippen molar-refractivity contribution in [2.24, 2.45) is 28.6 Å². The van der Waals surface area contributed by atoms with Crippen LogP contribution in [-0.4, -0.2) is 246 Å². The normalized spacial score (nSPS) is 24.7. The second-order valence-electron chi connectivity index (χ2n) is 23.9. The van der Waals surface area contributed by atoms with E-state index in [9.17, 15) is 58.5 Å². The number of aromatic nitrogens is 1. The number of ether oxygens (including phenoxy) is 5. The molecule has 11 N–H and O–H groups in total. The number of carbonyl (C=O) groups is 10. The Hall–Kier alpha value is -6.81. The lowest BCUT2D eigenvalue weighted by Crippen LogP contribution is -2.60. The number of Topliss-reactive ketones (excluding diaryl/α,β-unsaturated/α-hetero) is 2. The Kier molecular flexibility index (Phi) is 31.3. The molecule has 1 unspecified atom stereocenters. The zero-order valence-electron chi connectivity index (χ0n) is 53.8. The van der Waals surface area contributed by atoms with Crippen LogP contribution in [0.4, 0.5) is 0 Å². The predicted molar refractivity (Wildman–Crippen MR) is 342 cm³/mol. The molecule has 2 fully saturated rings. The number of nitrogens with two attached hydrogens (primary N) is 1. The molecule has 1 aromatic heterocycles. The zero-order valence-corrected chi connectivity index (χ0v) is 55.4. The Morgan fingerprint density at radius 1 is 0.862 bits per heavy atom. The van der Waals surface area contributed by atoms with E-state index >= 15 is 9.00 Å². The average molecular weight is 1360 g/mol. The molecule has 0 spiro atoms. The molecule has 33 heteroatoms. The molecule has 94 heavy (non-hydrogen) atoms. The number of aromatic amines is 1. The number of fused-ring (bicyclic) bond motifs is 4. The maximum absolute atomic E-state index is 15.6. The van der Waals surface area contributed by atoms with Crippen LogP contribution >= 0.6 is 11.8 Å². The highest BCUT2D eigenvalue weighted by Gasteiger charge is 2.45. The monoisotopic (exact) mass is 1360 g/mol. The van der Waals surface area contributed by atoms with Crippen LogP contribution in [0.2, 0.25) is 0 Å². The van der Waals surface area contributed by atoms with Gasteiger partial charge in [-0.05, 0) is 55.7 Å². The van der Waals surface area contributed by atoms with Gasteiger partial charge in [-0.2, -0.15) is 11.8 Å². The first-order chi connectivity index (χ1) is 45.1. The molecule has 4 aliphatic heterocycles. The molecule has 2 bridgehead atoms. The number of aliphatic hydroxyl groups is 3. The van der Waals surface area contributed by atoms with Gasteiger partial charge in [-0.3, -0.25) is 52.2 Å². The number of H-pyrrole nitrogens is 1. The van der Waals surface area contributed by atoms with Crippen LogP contribution in [-0.2, 0) is 83.4 Å². The van der Waals surface area contributed by atoms with Gasteiger partial charge in [0.05, 0.1) is 139 Å². The minimum absolute atomic E-state index is 0.0278. The van der Waals surface area contributed by atoms with Crippen LogP contribution < -0.4 is 37.1 Å². The summed E-state index contributed by atoms with van der Waals surface area (Å²) >= 11 is 1.57. The quantitative estimate of drug-likeness (QED) is 0.0249. The molecule has 1 aromatic carbocycles. The summed E-state index contributed by atoms with van der Waals surface area (Å²) in [7, 11) is -1.04. The summed E-state index contributed by atoms with van der Waals surface area (Å²) in [5.41, 5.74) is 14.9. The first kappa shape index (κ1) is 76.2. The highest BCUT2D eigenvalue weighted by atomic mass is 32.2. The first-order valence-corrected chi connectivity index (χ1v) is 34.3. The molecule has 8 amide bonds. The maximum Gasteiger partial charge on any atom is 0.246 e. The van der Waals surface area contributed by atoms with Gasteiger partial charge in [0.2, 0.25) is 47.3 Å². The van der Waals surface area contributed by atoms with Crippen molar-refractivity contribution in [3.63, 3.8) is 0 Å². The number of azide groups is 1. The number of rotatable bonds is 26. The fourth-order valence-corrected chi connectivity index (χ4v) is 14.5. The summed E-state index contributed by atoms with van der Waals surface area (Å²) in [6.45, 7) is 6.27. The lowest BCUT2D eigenvalue weighted by molar-refractivity contribution is -0.143. The molecule has 522 valence electrons. The number of nitrogens with zero attached hydrogens (tertiary/aromatic N) is 5. The number of nitrogens with one attached hydrogen (secondary N) is 6. The highest BCUT2D eigenvalue weighted by Crippen LogP contribution is 2.41. The Bertz CT molecular complexity index is 3030. The number of thioether (sulfide) groups is 1. The van der Waals surface area contributed by atoms with Crippen molar-refractivity contribution in [3.8, 4) is 5.75 Å². The van der Waals surface area contributed by atoms with Crippen molar-refractivity contribution in [1.82, 2.24) is 41.4 Å². The van der Waals surface area contributed by atoms with Crippen molar-refractivity contribution in [1.29, 1.82) is 0 Å². The number of methoxy groups -OCH3 is 1. The summed E-state index contributed by atoms with van der Waals surface area (Å²) in [6.07, 6.45) is -2.80. The first-order valence-electron chi connectivity index (χ1n) is 32.0. The molecule has 6 rings (SSSR count). The van der Waals surface area contributed by atoms with Gasteiger partial charge in [-0.25, -0.2) is 0 Å². The van der Waals surface area contributed by atoms with Gasteiger partial charge in [0, 0.05) is 89.7 Å². The molecule has 11 atom stereocenters. The van der Waals surface area contributed by atoms with E-state index in [-0.39, 0.29) is 85.3 Å². The van der Waals surface area contributed by atoms with E-state index in [1.165, 1.54) is 14.0 Å². The minimum atomic E-state index is -2.49. The van der Waals surface area contributed by atoms with Crippen LogP contribution in [0.3, 0.4) is 0 Å². The number of likely N-dealkylation sites (tertiary alicyclic amines) is 1. The highest BCUT2D eigenvalue weighted by molar-refractivity contribution is 7.99. The fourth-order valence-electron chi connectivity index (χ4n) is 11.9. The topological polar surface area (TPSA) is 452 Å². The molecule has 4 aliphatic rings. The molecule has 5 heterocycles. The summed E-state index contributed by atoms with van der Waals surface area (Å²) in [5, 5.41) is 48.6. The van der Waals surface area contributed by atoms with Gasteiger partial charge in [0.1, 0.15) is 28.9 Å². The van der Waals surface area contributed by atoms with E-state index in [0.717, 1.165) is 4.90 Å². The van der Waals surface area contributed by atoms with Crippen LogP contribution in [0.1, 0.15) is 108 Å². The number of benzene rings is 1. The second-order valence-corrected chi connectivity index (χ2v) is 26.6. The number of carbonyl (C=O) groups excluding carboxylic acids is 10. The van der Waals surface area contributed by atoms with Gasteiger partial charge in [0.25, 0.3) is 0 Å². The number of amides is 8. The van der Waals surface area contributed by atoms with Crippen LogP contribution in [0, 0.1) is 17.8 Å². The van der Waals surface area contributed by atoms with E-state index in [2.05, 4.69) is 41.6 Å². The second kappa shape index (κ2) is 38.7. The van der Waals surface area contributed by atoms with Crippen molar-refractivity contribution in [3.05, 3.63) is 33.7 Å². The summed E-state index contributed by atoms with van der Waals surface area (Å²) in [5.74, 6) is -11.5. The lowest BCUT2D eigenvalue weighted by Gasteiger charge is -2.32. The third-order valence-electron chi connectivity index (χ3n) is 17.4. The van der Waals surface area contributed by atoms with E-state index < -0.39 is 169 Å². The van der Waals surface area contributed by atoms with E-state index in [1.54, 1.807) is 28.8 Å². The third kappa shape index (κ3) is 22.1. The number of aliphatic hydroxyl groups excluding tert-OH is 3. The van der Waals surface area contributed by atoms with E-state index in [0.29, 0.717) is 94.2 Å². The molecule has 2 saturated heterocycles. The van der Waals surface area contributed by atoms with Crippen LogP contribution in [0.25, 0.3) is 21.3 Å². The summed E-state index contributed by atoms with van der Waals surface area (Å²) < 4.78 is 43.5. The number of hydrogen-bond donors (Lipinski definition) is 10. The van der Waals surface area contributed by atoms with Crippen molar-refractivity contribution in [2.45, 2.75) is 150 Å². The lowest BCUT2D eigenvalue weighted by atomic mass is 9.86. The molecule has 0 aliphatic carbocycles.